The van der Waals surface area contributed by atoms with Crippen molar-refractivity contribution in [1.82, 2.24) is 0 Å². The van der Waals surface area contributed by atoms with Crippen LogP contribution in [0.25, 0.3) is 0 Å². The Morgan fingerprint density at radius 1 is 1.05 bits per heavy atom. The molecule has 2 aromatic carbocycles. The predicted octanol–water partition coefficient (Wildman–Crippen LogP) is 4.09. The molecule has 2 nitrogen and oxygen atoms in total. The first kappa shape index (κ1) is 13.5. The maximum atomic E-state index is 3.71. The molecule has 1 N–H and O–H groups in total. The lowest BCUT2D eigenvalue weighted by Gasteiger charge is -2.22. The molecule has 2 aromatic rings. The minimum atomic E-state index is 0.486. The van der Waals surface area contributed by atoms with Crippen LogP contribution in [-0.2, 0) is 12.8 Å². The van der Waals surface area contributed by atoms with Gasteiger partial charge in [-0.2, -0.15) is 0 Å². The molecule has 0 unspecified atom stereocenters. The molecule has 3 rings (SSSR count). The molecular formula is C17H19BrN2. The highest BCUT2D eigenvalue weighted by Crippen LogP contribution is 2.31. The van der Waals surface area contributed by atoms with Gasteiger partial charge in [0.15, 0.2) is 0 Å². The Balaban J connectivity index is 1.81. The van der Waals surface area contributed by atoms with E-state index in [-0.39, 0.29) is 0 Å². The number of nitrogens with zero attached hydrogens (tertiary/aromatic N) is 1. The van der Waals surface area contributed by atoms with E-state index < -0.39 is 0 Å². The first-order chi connectivity index (χ1) is 9.63. The van der Waals surface area contributed by atoms with Gasteiger partial charge in [-0.25, -0.2) is 0 Å². The van der Waals surface area contributed by atoms with Crippen LogP contribution in [0.15, 0.2) is 46.9 Å². The fourth-order valence-electron chi connectivity index (χ4n) is 2.89. The van der Waals surface area contributed by atoms with Crippen molar-refractivity contribution in [2.45, 2.75) is 18.9 Å². The molecule has 20 heavy (non-hydrogen) atoms. The summed E-state index contributed by atoms with van der Waals surface area (Å²) < 4.78 is 1.11. The Morgan fingerprint density at radius 3 is 2.30 bits per heavy atom. The first-order valence-corrected chi connectivity index (χ1v) is 7.73. The lowest BCUT2D eigenvalue weighted by Crippen LogP contribution is -2.21. The fraction of sp³-hybridized carbons (Fsp3) is 0.294. The van der Waals surface area contributed by atoms with Crippen LogP contribution >= 0.6 is 15.9 Å². The molecule has 0 saturated carbocycles. The van der Waals surface area contributed by atoms with Gasteiger partial charge in [0.1, 0.15) is 0 Å². The van der Waals surface area contributed by atoms with E-state index in [1.54, 1.807) is 0 Å². The van der Waals surface area contributed by atoms with E-state index in [1.807, 2.05) is 0 Å². The number of anilines is 2. The topological polar surface area (TPSA) is 15.3 Å². The van der Waals surface area contributed by atoms with E-state index in [4.69, 9.17) is 0 Å². The van der Waals surface area contributed by atoms with Gasteiger partial charge in [0.25, 0.3) is 0 Å². The normalized spacial score (nSPS) is 14.2. The summed E-state index contributed by atoms with van der Waals surface area (Å²) in [7, 11) is 4.16. The number of hydrogen-bond acceptors (Lipinski definition) is 2. The SMILES string of the molecule is CN(C)c1ccc(Br)cc1NC1Cc2ccccc2C1. The lowest BCUT2D eigenvalue weighted by molar-refractivity contribution is 0.774. The van der Waals surface area contributed by atoms with Crippen LogP contribution in [0.4, 0.5) is 11.4 Å². The van der Waals surface area contributed by atoms with Crippen LogP contribution in [0.2, 0.25) is 0 Å². The van der Waals surface area contributed by atoms with E-state index >= 15 is 0 Å². The molecule has 0 heterocycles. The minimum Gasteiger partial charge on any atom is -0.380 e. The zero-order valence-electron chi connectivity index (χ0n) is 11.9. The number of nitrogens with one attached hydrogen (secondary N) is 1. The Bertz CT molecular complexity index is 597. The van der Waals surface area contributed by atoms with Gasteiger partial charge in [0, 0.05) is 24.6 Å². The third kappa shape index (κ3) is 2.68. The van der Waals surface area contributed by atoms with Gasteiger partial charge in [0.05, 0.1) is 11.4 Å². The summed E-state index contributed by atoms with van der Waals surface area (Å²) in [5.41, 5.74) is 5.38. The van der Waals surface area contributed by atoms with Crippen molar-refractivity contribution >= 4 is 27.3 Å². The van der Waals surface area contributed by atoms with Crippen molar-refractivity contribution in [3.8, 4) is 0 Å². The average Bonchev–Trinajstić information content (AvgIpc) is 2.80. The fourth-order valence-corrected chi connectivity index (χ4v) is 3.26. The van der Waals surface area contributed by atoms with Crippen molar-refractivity contribution in [2.24, 2.45) is 0 Å². The van der Waals surface area contributed by atoms with Gasteiger partial charge >= 0.3 is 0 Å². The maximum absolute atomic E-state index is 3.71. The molecule has 0 aliphatic heterocycles. The molecule has 0 atom stereocenters. The van der Waals surface area contributed by atoms with E-state index in [9.17, 15) is 0 Å². The van der Waals surface area contributed by atoms with Crippen LogP contribution < -0.4 is 10.2 Å². The van der Waals surface area contributed by atoms with Crippen molar-refractivity contribution in [1.29, 1.82) is 0 Å². The smallest absolute Gasteiger partial charge is 0.0597 e. The Kier molecular flexibility index (Phi) is 3.70. The standard InChI is InChI=1S/C17H19BrN2/c1-20(2)17-8-7-14(18)11-16(17)19-15-9-12-5-3-4-6-13(12)10-15/h3-8,11,15,19H,9-10H2,1-2H3. The predicted molar refractivity (Wildman–Crippen MR) is 89.7 cm³/mol. The van der Waals surface area contributed by atoms with Gasteiger partial charge in [-0.1, -0.05) is 40.2 Å². The first-order valence-electron chi connectivity index (χ1n) is 6.93. The highest BCUT2D eigenvalue weighted by molar-refractivity contribution is 9.10. The van der Waals surface area contributed by atoms with Crippen LogP contribution in [0.3, 0.4) is 0 Å². The van der Waals surface area contributed by atoms with E-state index in [2.05, 4.69) is 82.7 Å². The van der Waals surface area contributed by atoms with E-state index in [0.717, 1.165) is 17.3 Å². The van der Waals surface area contributed by atoms with Crippen molar-refractivity contribution in [3.05, 3.63) is 58.1 Å². The third-order valence-electron chi connectivity index (χ3n) is 3.85. The zero-order chi connectivity index (χ0) is 14.1. The molecule has 0 radical (unpaired) electrons. The van der Waals surface area contributed by atoms with E-state index in [0.29, 0.717) is 6.04 Å². The summed E-state index contributed by atoms with van der Waals surface area (Å²) in [6, 6.07) is 15.6. The van der Waals surface area contributed by atoms with Crippen LogP contribution in [0.1, 0.15) is 11.1 Å². The summed E-state index contributed by atoms with van der Waals surface area (Å²) in [6.45, 7) is 0. The molecule has 104 valence electrons. The Hall–Kier alpha value is -1.48. The Morgan fingerprint density at radius 2 is 1.70 bits per heavy atom. The second-order valence-corrected chi connectivity index (χ2v) is 6.49. The number of halogens is 1. The van der Waals surface area contributed by atoms with Crippen molar-refractivity contribution in [3.63, 3.8) is 0 Å². The van der Waals surface area contributed by atoms with Gasteiger partial charge in [-0.3, -0.25) is 0 Å². The molecule has 0 bridgehead atoms. The monoisotopic (exact) mass is 330 g/mol. The largest absolute Gasteiger partial charge is 0.380 e. The number of benzene rings is 2. The number of fused-ring (bicyclic) bond motifs is 1. The molecular weight excluding hydrogens is 312 g/mol. The third-order valence-corrected chi connectivity index (χ3v) is 4.34. The summed E-state index contributed by atoms with van der Waals surface area (Å²) in [4.78, 5) is 2.15. The van der Waals surface area contributed by atoms with Crippen molar-refractivity contribution in [2.75, 3.05) is 24.3 Å². The Labute approximate surface area is 128 Å². The highest BCUT2D eigenvalue weighted by atomic mass is 79.9. The van der Waals surface area contributed by atoms with Crippen molar-refractivity contribution < 1.29 is 0 Å². The van der Waals surface area contributed by atoms with Crippen LogP contribution in [0, 0.1) is 0 Å². The maximum Gasteiger partial charge on any atom is 0.0597 e. The molecule has 0 spiro atoms. The van der Waals surface area contributed by atoms with Gasteiger partial charge in [0.2, 0.25) is 0 Å². The highest BCUT2D eigenvalue weighted by Gasteiger charge is 2.21. The molecule has 1 aliphatic carbocycles. The molecule has 0 saturated heterocycles. The number of hydrogen-bond donors (Lipinski definition) is 1. The summed E-state index contributed by atoms with van der Waals surface area (Å²) in [6.07, 6.45) is 2.21. The quantitative estimate of drug-likeness (QED) is 0.911. The van der Waals surface area contributed by atoms with Gasteiger partial charge in [-0.05, 0) is 42.2 Å². The molecule has 0 aromatic heterocycles. The lowest BCUT2D eigenvalue weighted by atomic mass is 10.1. The molecule has 3 heteroatoms. The molecule has 0 amide bonds. The second kappa shape index (κ2) is 5.49. The molecule has 0 fully saturated rings. The number of rotatable bonds is 3. The average molecular weight is 331 g/mol. The minimum absolute atomic E-state index is 0.486. The van der Waals surface area contributed by atoms with Gasteiger partial charge < -0.3 is 10.2 Å². The van der Waals surface area contributed by atoms with Crippen LogP contribution in [0.5, 0.6) is 0 Å². The zero-order valence-corrected chi connectivity index (χ0v) is 13.4. The van der Waals surface area contributed by atoms with Crippen LogP contribution in [-0.4, -0.2) is 20.1 Å². The summed E-state index contributed by atoms with van der Waals surface area (Å²) in [5.74, 6) is 0. The molecule has 1 aliphatic rings. The summed E-state index contributed by atoms with van der Waals surface area (Å²) >= 11 is 3.56. The van der Waals surface area contributed by atoms with E-state index in [1.165, 1.54) is 22.5 Å². The van der Waals surface area contributed by atoms with Gasteiger partial charge in [-0.15, -0.1) is 0 Å². The second-order valence-electron chi connectivity index (χ2n) is 5.57. The summed E-state index contributed by atoms with van der Waals surface area (Å²) in [5, 5.41) is 3.71.